The van der Waals surface area contributed by atoms with Gasteiger partial charge in [-0.3, -0.25) is 14.6 Å². The molecule has 0 atom stereocenters. The van der Waals surface area contributed by atoms with Crippen LogP contribution in [0.25, 0.3) is 6.08 Å². The normalized spacial score (nSPS) is 17.1. The number of carboxylic acids is 1. The summed E-state index contributed by atoms with van der Waals surface area (Å²) in [5, 5.41) is 10.8. The van der Waals surface area contributed by atoms with Gasteiger partial charge in [-0.05, 0) is 46.8 Å². The molecule has 1 fully saturated rings. The van der Waals surface area contributed by atoms with E-state index in [-0.39, 0.29) is 35.5 Å². The van der Waals surface area contributed by atoms with Crippen LogP contribution in [0.15, 0.2) is 52.4 Å². The second-order valence-corrected chi connectivity index (χ2v) is 6.76. The summed E-state index contributed by atoms with van der Waals surface area (Å²) in [5.41, 5.74) is 2.99. The first-order chi connectivity index (χ1) is 13.0. The van der Waals surface area contributed by atoms with E-state index in [0.717, 1.165) is 37.0 Å². The van der Waals surface area contributed by atoms with Crippen LogP contribution in [0.4, 0.5) is 5.69 Å². The number of aliphatic imine (C=N–C) groups is 1. The fourth-order valence-electron chi connectivity index (χ4n) is 2.50. The number of amidine groups is 1. The molecule has 28 heavy (non-hydrogen) atoms. The summed E-state index contributed by atoms with van der Waals surface area (Å²) in [4.78, 5) is 26.2. The van der Waals surface area contributed by atoms with Crippen LogP contribution in [0, 0.1) is 6.07 Å². The maximum Gasteiger partial charge on any atom is 1.00 e. The molecule has 2 aliphatic heterocycles. The number of carbonyl (C=O) groups excluding carboxylic acids is 1. The summed E-state index contributed by atoms with van der Waals surface area (Å²) in [5.74, 6) is -0.00759. The van der Waals surface area contributed by atoms with Crippen molar-refractivity contribution in [2.24, 2.45) is 4.99 Å². The van der Waals surface area contributed by atoms with Crippen molar-refractivity contribution >= 4 is 40.6 Å². The van der Waals surface area contributed by atoms with Crippen molar-refractivity contribution in [2.45, 2.75) is 13.3 Å². The summed E-state index contributed by atoms with van der Waals surface area (Å²) >= 11 is 1.35. The Bertz CT molecular complexity index is 925. The zero-order chi connectivity index (χ0) is 19.2. The molecule has 0 unspecified atom stereocenters. The van der Waals surface area contributed by atoms with Gasteiger partial charge in [0.15, 0.2) is 5.17 Å². The fraction of sp³-hybridized carbons (Fsp3) is 0.150. The van der Waals surface area contributed by atoms with Crippen LogP contribution in [0.5, 0.6) is 5.75 Å². The Hall–Kier alpha value is -2.06. The van der Waals surface area contributed by atoms with E-state index in [0.29, 0.717) is 10.1 Å². The molecule has 0 bridgehead atoms. The zero-order valence-electron chi connectivity index (χ0n) is 15.6. The van der Waals surface area contributed by atoms with Gasteiger partial charge in [0.25, 0.3) is 11.9 Å². The summed E-state index contributed by atoms with van der Waals surface area (Å²) in [6.07, 6.45) is 2.81. The van der Waals surface area contributed by atoms with Gasteiger partial charge in [0.05, 0.1) is 11.5 Å². The summed E-state index contributed by atoms with van der Waals surface area (Å²) < 4.78 is 5.50. The van der Waals surface area contributed by atoms with Crippen molar-refractivity contribution in [1.82, 2.24) is 5.32 Å². The second-order valence-electron chi connectivity index (χ2n) is 5.72. The predicted octanol–water partition coefficient (Wildman–Crippen LogP) is 0.408. The molecule has 0 radical (unpaired) electrons. The average Bonchev–Trinajstić information content (AvgIpc) is 3.22. The van der Waals surface area contributed by atoms with Gasteiger partial charge in [-0.2, -0.15) is 18.2 Å². The van der Waals surface area contributed by atoms with Crippen LogP contribution in [-0.4, -0.2) is 28.8 Å². The Labute approximate surface area is 189 Å². The number of thioether (sulfide) groups is 1. The van der Waals surface area contributed by atoms with Crippen LogP contribution in [0.3, 0.4) is 0 Å². The molecule has 1 saturated heterocycles. The van der Waals surface area contributed by atoms with E-state index in [1.807, 2.05) is 30.3 Å². The van der Waals surface area contributed by atoms with E-state index in [1.165, 1.54) is 17.3 Å². The molecule has 0 aliphatic carbocycles. The number of fused-ring (bicyclic) bond motifs is 1. The van der Waals surface area contributed by atoms with Crippen LogP contribution >= 0.6 is 11.8 Å². The molecule has 8 heteroatoms. The minimum atomic E-state index is -0.833. The summed E-state index contributed by atoms with van der Waals surface area (Å²) in [7, 11) is 0. The van der Waals surface area contributed by atoms with Crippen LogP contribution in [0.2, 0.25) is 0 Å². The smallest absolute Gasteiger partial charge is 0.493 e. The van der Waals surface area contributed by atoms with Crippen molar-refractivity contribution in [3.05, 3.63) is 64.6 Å². The van der Waals surface area contributed by atoms with E-state index in [2.05, 4.69) is 22.4 Å². The minimum absolute atomic E-state index is 0. The Balaban J connectivity index is 0.000000515. The maximum atomic E-state index is 12.1. The second kappa shape index (κ2) is 10.5. The van der Waals surface area contributed by atoms with Gasteiger partial charge < -0.3 is 15.2 Å². The molecule has 0 spiro atoms. The number of benzene rings is 2. The van der Waals surface area contributed by atoms with Crippen molar-refractivity contribution in [1.29, 1.82) is 0 Å². The number of ether oxygens (including phenoxy) is 1. The molecule has 2 aromatic rings. The monoisotopic (exact) mass is 404 g/mol. The number of nitrogens with zero attached hydrogens (tertiary/aromatic N) is 1. The van der Waals surface area contributed by atoms with Crippen LogP contribution < -0.4 is 39.6 Å². The third-order valence-corrected chi connectivity index (χ3v) is 4.50. The van der Waals surface area contributed by atoms with Crippen LogP contribution in [0.1, 0.15) is 18.1 Å². The van der Waals surface area contributed by atoms with E-state index in [4.69, 9.17) is 14.6 Å². The van der Waals surface area contributed by atoms with E-state index in [1.54, 1.807) is 12.1 Å². The molecular weight excluding hydrogens is 387 g/mol. The number of carboxylic acid groups (broad SMARTS) is 1. The number of aliphatic carboxylic acids is 1. The molecule has 2 aromatic carbocycles. The molecule has 2 heterocycles. The number of carbonyl (C=O) groups is 2. The molecule has 0 aromatic heterocycles. The minimum Gasteiger partial charge on any atom is -0.493 e. The van der Waals surface area contributed by atoms with Crippen molar-refractivity contribution in [3.8, 4) is 5.75 Å². The molecule has 0 saturated carbocycles. The number of hydrogen-bond acceptors (Lipinski definition) is 5. The number of rotatable bonds is 2. The third-order valence-electron chi connectivity index (χ3n) is 3.59. The standard InChI is InChI=1S/C18H13N2O2S.C2H4O2.Na/c21-17-16(11-12-6-7-15-13(10-12)8-9-22-15)23-18(20-17)19-14-4-2-1-3-5-14;1-2(3)4;/h2-7,10-11H,8-9H2,(H,19,20,21);1H3,(H,3,4);/q-1;;+1/b16-11-;;. The van der Waals surface area contributed by atoms with Gasteiger partial charge in [-0.15, -0.1) is 12.1 Å². The Morgan fingerprint density at radius 2 is 2.04 bits per heavy atom. The van der Waals surface area contributed by atoms with Crippen molar-refractivity contribution < 1.29 is 49.0 Å². The topological polar surface area (TPSA) is 88.0 Å². The Morgan fingerprint density at radius 1 is 1.32 bits per heavy atom. The van der Waals surface area contributed by atoms with Gasteiger partial charge in [-0.1, -0.05) is 6.07 Å². The predicted molar refractivity (Wildman–Crippen MR) is 105 cm³/mol. The fourth-order valence-corrected chi connectivity index (χ4v) is 3.34. The summed E-state index contributed by atoms with van der Waals surface area (Å²) in [6.45, 7) is 1.82. The largest absolute Gasteiger partial charge is 1.00 e. The van der Waals surface area contributed by atoms with E-state index in [9.17, 15) is 4.79 Å². The van der Waals surface area contributed by atoms with Gasteiger partial charge >= 0.3 is 29.6 Å². The Kier molecular flexibility index (Phi) is 8.32. The number of amides is 1. The van der Waals surface area contributed by atoms with Crippen molar-refractivity contribution in [2.75, 3.05) is 6.61 Å². The first-order valence-electron chi connectivity index (χ1n) is 8.22. The number of nitrogens with one attached hydrogen (secondary N) is 1. The van der Waals surface area contributed by atoms with Gasteiger partial charge in [0, 0.05) is 13.3 Å². The molecule has 138 valence electrons. The van der Waals surface area contributed by atoms with Gasteiger partial charge in [0.1, 0.15) is 5.75 Å². The molecule has 6 nitrogen and oxygen atoms in total. The molecule has 2 N–H and O–H groups in total. The summed E-state index contributed by atoms with van der Waals surface area (Å²) in [6, 6.07) is 16.2. The van der Waals surface area contributed by atoms with E-state index < -0.39 is 5.97 Å². The maximum absolute atomic E-state index is 12.1. The number of hydrogen-bond donors (Lipinski definition) is 2. The van der Waals surface area contributed by atoms with Crippen molar-refractivity contribution in [3.63, 3.8) is 0 Å². The molecule has 1 amide bonds. The molecule has 2 aliphatic rings. The first kappa shape index (κ1) is 22.2. The zero-order valence-corrected chi connectivity index (χ0v) is 18.4. The third kappa shape index (κ3) is 6.24. The quantitative estimate of drug-likeness (QED) is 0.430. The van der Waals surface area contributed by atoms with Gasteiger partial charge in [0.2, 0.25) is 0 Å². The van der Waals surface area contributed by atoms with Gasteiger partial charge in [-0.25, -0.2) is 0 Å². The first-order valence-corrected chi connectivity index (χ1v) is 9.04. The average molecular weight is 404 g/mol. The molecule has 4 rings (SSSR count). The van der Waals surface area contributed by atoms with E-state index >= 15 is 0 Å². The Morgan fingerprint density at radius 3 is 2.75 bits per heavy atom. The van der Waals surface area contributed by atoms with Crippen LogP contribution in [-0.2, 0) is 16.0 Å². The SMILES string of the molecule is CC(=O)O.O=C1NC(=Nc2cc[c-]cc2)S/C1=C\c1ccc2c(c1)CCO2.[Na+]. The molecular formula is C20H17N2NaO4S.